The number of hydrogen-bond acceptors (Lipinski definition) is 5. The van der Waals surface area contributed by atoms with Crippen molar-refractivity contribution in [2.24, 2.45) is 0 Å². The quantitative estimate of drug-likeness (QED) is 0.604. The fourth-order valence-corrected chi connectivity index (χ4v) is 4.83. The van der Waals surface area contributed by atoms with Crippen molar-refractivity contribution in [2.75, 3.05) is 32.6 Å². The zero-order chi connectivity index (χ0) is 23.7. The van der Waals surface area contributed by atoms with Gasteiger partial charge in [0.25, 0.3) is 11.8 Å². The average molecular weight is 461 g/mol. The first-order valence-electron chi connectivity index (χ1n) is 11.6. The highest BCUT2D eigenvalue weighted by molar-refractivity contribution is 6.09. The number of amides is 2. The Balaban J connectivity index is 1.52. The molecule has 1 aliphatic carbocycles. The predicted octanol–water partition coefficient (Wildman–Crippen LogP) is 3.87. The van der Waals surface area contributed by atoms with E-state index in [4.69, 9.17) is 9.47 Å². The number of carbonyl (C=O) groups excluding carboxylic acids is 2. The summed E-state index contributed by atoms with van der Waals surface area (Å²) < 4.78 is 12.7. The van der Waals surface area contributed by atoms with Gasteiger partial charge >= 0.3 is 0 Å². The number of aromatic nitrogens is 2. The Morgan fingerprint density at radius 3 is 2.35 bits per heavy atom. The van der Waals surface area contributed by atoms with Crippen molar-refractivity contribution in [2.45, 2.75) is 32.1 Å². The molecule has 2 aromatic carbocycles. The van der Waals surface area contributed by atoms with Crippen LogP contribution in [0.2, 0.25) is 0 Å². The number of nitrogens with zero attached hydrogens (tertiary/aromatic N) is 3. The van der Waals surface area contributed by atoms with Crippen LogP contribution in [-0.2, 0) is 12.8 Å². The Hall–Kier alpha value is -3.81. The number of nitrogens with one attached hydrogen (secondary N) is 1. The molecule has 2 heterocycles. The Labute approximate surface area is 198 Å². The summed E-state index contributed by atoms with van der Waals surface area (Å²) in [4.78, 5) is 28.6. The van der Waals surface area contributed by atoms with E-state index in [1.165, 1.54) is 14.2 Å². The largest absolute Gasteiger partial charge is 0.493 e. The molecule has 1 fully saturated rings. The number of carbonyl (C=O) groups is 2. The minimum Gasteiger partial charge on any atom is -0.493 e. The lowest BCUT2D eigenvalue weighted by atomic mass is 10.1. The van der Waals surface area contributed by atoms with Crippen LogP contribution in [0.5, 0.6) is 11.5 Å². The molecule has 0 unspecified atom stereocenters. The third-order valence-electron chi connectivity index (χ3n) is 6.54. The molecule has 0 bridgehead atoms. The molecule has 0 atom stereocenters. The number of fused-ring (bicyclic) bond motifs is 1. The molecule has 0 spiro atoms. The van der Waals surface area contributed by atoms with Crippen LogP contribution in [-0.4, -0.2) is 53.8 Å². The van der Waals surface area contributed by atoms with E-state index >= 15 is 0 Å². The maximum absolute atomic E-state index is 13.5. The van der Waals surface area contributed by atoms with Gasteiger partial charge in [0, 0.05) is 30.4 Å². The summed E-state index contributed by atoms with van der Waals surface area (Å²) in [7, 11) is 3.06. The number of rotatable bonds is 6. The molecule has 1 aliphatic heterocycles. The monoisotopic (exact) mass is 460 g/mol. The van der Waals surface area contributed by atoms with Crippen molar-refractivity contribution in [1.29, 1.82) is 0 Å². The molecule has 0 saturated carbocycles. The Bertz CT molecular complexity index is 1230. The van der Waals surface area contributed by atoms with E-state index in [0.29, 0.717) is 41.5 Å². The summed E-state index contributed by atoms with van der Waals surface area (Å²) in [5.41, 5.74) is 4.13. The van der Waals surface area contributed by atoms with Crippen LogP contribution >= 0.6 is 0 Å². The van der Waals surface area contributed by atoms with E-state index in [9.17, 15) is 9.59 Å². The Morgan fingerprint density at radius 2 is 1.65 bits per heavy atom. The van der Waals surface area contributed by atoms with Gasteiger partial charge in [0.05, 0.1) is 31.2 Å². The molecule has 1 N–H and O–H groups in total. The first-order chi connectivity index (χ1) is 16.6. The van der Waals surface area contributed by atoms with Crippen molar-refractivity contribution in [1.82, 2.24) is 14.7 Å². The topological polar surface area (TPSA) is 85.7 Å². The molecule has 3 aromatic rings. The minimum atomic E-state index is -0.337. The van der Waals surface area contributed by atoms with E-state index in [1.54, 1.807) is 17.0 Å². The molecule has 0 radical (unpaired) electrons. The molecule has 1 aromatic heterocycles. The number of hydrogen-bond donors (Lipinski definition) is 1. The first-order valence-corrected chi connectivity index (χ1v) is 11.6. The van der Waals surface area contributed by atoms with Crippen molar-refractivity contribution in [3.05, 3.63) is 65.0 Å². The average Bonchev–Trinajstić information content (AvgIpc) is 3.62. The summed E-state index contributed by atoms with van der Waals surface area (Å²) >= 11 is 0. The summed E-state index contributed by atoms with van der Waals surface area (Å²) in [6, 6.07) is 13.1. The summed E-state index contributed by atoms with van der Waals surface area (Å²) in [6.45, 7) is 1.41. The second-order valence-corrected chi connectivity index (χ2v) is 8.58. The first kappa shape index (κ1) is 22.0. The van der Waals surface area contributed by atoms with Crippen LogP contribution in [0.3, 0.4) is 0 Å². The van der Waals surface area contributed by atoms with Gasteiger partial charge in [-0.1, -0.05) is 18.2 Å². The Kier molecular flexibility index (Phi) is 5.96. The van der Waals surface area contributed by atoms with Gasteiger partial charge in [-0.15, -0.1) is 0 Å². The normalized spacial score (nSPS) is 14.7. The summed E-state index contributed by atoms with van der Waals surface area (Å²) in [5, 5.41) is 7.63. The van der Waals surface area contributed by atoms with Gasteiger partial charge in [-0.3, -0.25) is 9.59 Å². The lowest BCUT2D eigenvalue weighted by molar-refractivity contribution is 0.0793. The van der Waals surface area contributed by atoms with Crippen molar-refractivity contribution >= 4 is 17.5 Å². The molecule has 8 heteroatoms. The fraction of sp³-hybridized carbons (Fsp3) is 0.346. The summed E-state index contributed by atoms with van der Waals surface area (Å²) in [6.07, 6.45) is 4.61. The fourth-order valence-electron chi connectivity index (χ4n) is 4.83. The molecular weight excluding hydrogens is 432 g/mol. The maximum atomic E-state index is 13.5. The van der Waals surface area contributed by atoms with Gasteiger partial charge in [0.2, 0.25) is 0 Å². The van der Waals surface area contributed by atoms with Crippen molar-refractivity contribution in [3.8, 4) is 17.2 Å². The molecule has 2 aliphatic rings. The molecule has 34 heavy (non-hydrogen) atoms. The van der Waals surface area contributed by atoms with Gasteiger partial charge in [-0.2, -0.15) is 5.10 Å². The van der Waals surface area contributed by atoms with Gasteiger partial charge in [0.15, 0.2) is 17.2 Å². The van der Waals surface area contributed by atoms with Crippen LogP contribution in [0.15, 0.2) is 42.5 Å². The van der Waals surface area contributed by atoms with Gasteiger partial charge in [0.1, 0.15) is 0 Å². The lowest BCUT2D eigenvalue weighted by Gasteiger charge is -2.20. The molecule has 5 rings (SSSR count). The number of likely N-dealkylation sites (tertiary alicyclic amines) is 1. The standard InChI is InChI=1S/C26H28N4O4/c1-33-22-15-19(26(32)29-13-6-7-14-29)20(16-23(22)34-2)27-25(31)24-18-11-8-12-21(18)30(28-24)17-9-4-3-5-10-17/h3-5,9-10,15-16H,6-8,11-14H2,1-2H3,(H,27,31). The number of methoxy groups -OCH3 is 2. The van der Waals surface area contributed by atoms with E-state index in [2.05, 4.69) is 10.4 Å². The van der Waals surface area contributed by atoms with E-state index in [-0.39, 0.29) is 11.8 Å². The van der Waals surface area contributed by atoms with Crippen LogP contribution in [0.1, 0.15) is 51.4 Å². The smallest absolute Gasteiger partial charge is 0.276 e. The summed E-state index contributed by atoms with van der Waals surface area (Å²) in [5.74, 6) is 0.414. The SMILES string of the molecule is COc1cc(NC(=O)c2nn(-c3ccccc3)c3c2CCC3)c(C(=O)N2CCCC2)cc1OC. The zero-order valence-electron chi connectivity index (χ0n) is 19.5. The Morgan fingerprint density at radius 1 is 0.941 bits per heavy atom. The highest BCUT2D eigenvalue weighted by Crippen LogP contribution is 2.35. The molecule has 2 amide bonds. The van der Waals surface area contributed by atoms with E-state index in [0.717, 1.165) is 49.0 Å². The van der Waals surface area contributed by atoms with Gasteiger partial charge in [-0.05, 0) is 50.3 Å². The van der Waals surface area contributed by atoms with E-state index in [1.807, 2.05) is 35.0 Å². The molecular formula is C26H28N4O4. The van der Waals surface area contributed by atoms with Crippen LogP contribution in [0.25, 0.3) is 5.69 Å². The number of para-hydroxylation sites is 1. The van der Waals surface area contributed by atoms with Gasteiger partial charge in [-0.25, -0.2) is 4.68 Å². The zero-order valence-corrected chi connectivity index (χ0v) is 19.5. The molecule has 8 nitrogen and oxygen atoms in total. The van der Waals surface area contributed by atoms with Crippen LogP contribution in [0, 0.1) is 0 Å². The van der Waals surface area contributed by atoms with Crippen LogP contribution in [0.4, 0.5) is 5.69 Å². The van der Waals surface area contributed by atoms with E-state index < -0.39 is 0 Å². The predicted molar refractivity (Wildman–Crippen MR) is 128 cm³/mol. The lowest BCUT2D eigenvalue weighted by Crippen LogP contribution is -2.29. The van der Waals surface area contributed by atoms with Crippen molar-refractivity contribution in [3.63, 3.8) is 0 Å². The highest BCUT2D eigenvalue weighted by Gasteiger charge is 2.29. The van der Waals surface area contributed by atoms with Crippen molar-refractivity contribution < 1.29 is 19.1 Å². The number of ether oxygens (including phenoxy) is 2. The van der Waals surface area contributed by atoms with Crippen LogP contribution < -0.4 is 14.8 Å². The molecule has 176 valence electrons. The molecule has 1 saturated heterocycles. The number of anilines is 1. The third kappa shape index (κ3) is 3.89. The van der Waals surface area contributed by atoms with Gasteiger partial charge < -0.3 is 19.7 Å². The minimum absolute atomic E-state index is 0.131. The number of benzene rings is 2. The maximum Gasteiger partial charge on any atom is 0.276 e. The third-order valence-corrected chi connectivity index (χ3v) is 6.54. The second kappa shape index (κ2) is 9.21. The second-order valence-electron chi connectivity index (χ2n) is 8.58. The highest BCUT2D eigenvalue weighted by atomic mass is 16.5.